The van der Waals surface area contributed by atoms with Crippen LogP contribution in [0.15, 0.2) is 33.4 Å². The van der Waals surface area contributed by atoms with Gasteiger partial charge in [-0.1, -0.05) is 11.2 Å². The maximum atomic E-state index is 12.9. The number of nitrogens with two attached hydrogens (primary N) is 1. The zero-order chi connectivity index (χ0) is 23.7. The summed E-state index contributed by atoms with van der Waals surface area (Å²) in [6.07, 6.45) is 3.49. The van der Waals surface area contributed by atoms with Crippen molar-refractivity contribution in [1.29, 1.82) is 0 Å². The zero-order valence-corrected chi connectivity index (χ0v) is 19.8. The van der Waals surface area contributed by atoms with E-state index in [1.807, 2.05) is 6.92 Å². The van der Waals surface area contributed by atoms with Gasteiger partial charge in [-0.2, -0.15) is 0 Å². The van der Waals surface area contributed by atoms with Gasteiger partial charge in [-0.3, -0.25) is 14.5 Å². The summed E-state index contributed by atoms with van der Waals surface area (Å²) >= 11 is 3.94. The number of oxime groups is 1. The number of carboxylic acids is 1. The molecule has 0 saturated carbocycles. The van der Waals surface area contributed by atoms with Crippen LogP contribution in [-0.2, 0) is 19.2 Å². The highest BCUT2D eigenvalue weighted by molar-refractivity contribution is 8.00. The molecule has 0 radical (unpaired) electrons. The Balaban J connectivity index is 1.54. The van der Waals surface area contributed by atoms with E-state index in [2.05, 4.69) is 20.4 Å². The minimum atomic E-state index is -1.21. The van der Waals surface area contributed by atoms with E-state index < -0.39 is 29.2 Å². The van der Waals surface area contributed by atoms with Gasteiger partial charge >= 0.3 is 5.97 Å². The monoisotopic (exact) mass is 506 g/mol. The Bertz CT molecular complexity index is 1220. The highest BCUT2D eigenvalue weighted by Crippen LogP contribution is 2.41. The third kappa shape index (κ3) is 4.36. The minimum absolute atomic E-state index is 0.0919. The first-order valence-corrected chi connectivity index (χ1v) is 12.2. The number of rotatable bonds is 7. The molecule has 4 rings (SSSR count). The average molecular weight is 507 g/mol. The number of anilines is 1. The topological polar surface area (TPSA) is 160 Å². The smallest absolute Gasteiger partial charge is 0.352 e. The van der Waals surface area contributed by atoms with Gasteiger partial charge in [0.2, 0.25) is 0 Å². The fraction of sp³-hybridized carbons (Fsp3) is 0.263. The molecule has 4 heterocycles. The van der Waals surface area contributed by atoms with Crippen molar-refractivity contribution >= 4 is 69.1 Å². The Morgan fingerprint density at radius 2 is 2.18 bits per heavy atom. The Morgan fingerprint density at radius 3 is 2.79 bits per heavy atom. The number of aliphatic carboxylic acids is 1. The second-order valence-electron chi connectivity index (χ2n) is 6.87. The summed E-state index contributed by atoms with van der Waals surface area (Å²) < 4.78 is 0. The van der Waals surface area contributed by atoms with E-state index in [-0.39, 0.29) is 22.2 Å². The van der Waals surface area contributed by atoms with Crippen molar-refractivity contribution in [2.24, 2.45) is 5.16 Å². The number of carboxylic acid groups (broad SMARTS) is 1. The molecule has 0 aliphatic carbocycles. The molecule has 0 spiro atoms. The number of hydrogen-bond acceptors (Lipinski definition) is 11. The van der Waals surface area contributed by atoms with Crippen LogP contribution in [0.1, 0.15) is 16.3 Å². The van der Waals surface area contributed by atoms with Gasteiger partial charge in [-0.05, 0) is 18.6 Å². The fourth-order valence-electron chi connectivity index (χ4n) is 3.32. The lowest BCUT2D eigenvalue weighted by molar-refractivity contribution is -0.150. The molecule has 11 nitrogen and oxygen atoms in total. The lowest BCUT2D eigenvalue weighted by atomic mass is 10.0. The van der Waals surface area contributed by atoms with Crippen molar-refractivity contribution in [3.8, 4) is 0 Å². The van der Waals surface area contributed by atoms with E-state index in [4.69, 9.17) is 10.6 Å². The third-order valence-electron chi connectivity index (χ3n) is 4.87. The molecule has 0 bridgehead atoms. The summed E-state index contributed by atoms with van der Waals surface area (Å²) in [5.74, 6) is -2.04. The number of thioether (sulfide) groups is 1. The van der Waals surface area contributed by atoms with Crippen molar-refractivity contribution in [1.82, 2.24) is 20.2 Å². The summed E-state index contributed by atoms with van der Waals surface area (Å²) in [6, 6.07) is -0.913. The van der Waals surface area contributed by atoms with Gasteiger partial charge in [0, 0.05) is 16.0 Å². The van der Waals surface area contributed by atoms with Crippen LogP contribution in [-0.4, -0.2) is 67.7 Å². The Morgan fingerprint density at radius 1 is 1.39 bits per heavy atom. The number of β-lactam (4-membered cyclic amide) rings is 1. The van der Waals surface area contributed by atoms with Crippen LogP contribution in [0.3, 0.4) is 0 Å². The Kier molecular flexibility index (Phi) is 6.49. The zero-order valence-electron chi connectivity index (χ0n) is 17.3. The number of allylic oxidation sites excluding steroid dienone is 1. The number of fused-ring (bicyclic) bond motifs is 1. The van der Waals surface area contributed by atoms with Gasteiger partial charge in [0.25, 0.3) is 11.8 Å². The molecule has 2 amide bonds. The molecular formula is C19H18N6O5S3. The quantitative estimate of drug-likeness (QED) is 0.286. The van der Waals surface area contributed by atoms with Crippen molar-refractivity contribution in [3.05, 3.63) is 44.5 Å². The van der Waals surface area contributed by atoms with E-state index in [0.717, 1.165) is 21.9 Å². The van der Waals surface area contributed by atoms with E-state index in [1.165, 1.54) is 35.1 Å². The molecular weight excluding hydrogens is 488 g/mol. The SMILES string of the molecule is CO/N=C(\C(=O)NC1C(=O)N2C(C(=O)O)=C(/C=C\c3scnc3C)CSC12)c1csc(N)n1. The molecule has 0 aromatic carbocycles. The maximum Gasteiger partial charge on any atom is 0.352 e. The van der Waals surface area contributed by atoms with Crippen LogP contribution in [0.5, 0.6) is 0 Å². The number of nitrogen functional groups attached to an aromatic ring is 1. The maximum absolute atomic E-state index is 12.9. The van der Waals surface area contributed by atoms with Crippen LogP contribution in [0, 0.1) is 6.92 Å². The first-order valence-electron chi connectivity index (χ1n) is 9.44. The van der Waals surface area contributed by atoms with Gasteiger partial charge < -0.3 is 21.0 Å². The Labute approximate surface area is 200 Å². The van der Waals surface area contributed by atoms with E-state index in [1.54, 1.807) is 23.0 Å². The molecule has 33 heavy (non-hydrogen) atoms. The van der Waals surface area contributed by atoms with E-state index in [0.29, 0.717) is 11.3 Å². The summed E-state index contributed by atoms with van der Waals surface area (Å²) in [5.41, 5.74) is 8.68. The summed E-state index contributed by atoms with van der Waals surface area (Å²) in [4.78, 5) is 52.7. The van der Waals surface area contributed by atoms with Crippen molar-refractivity contribution in [2.45, 2.75) is 18.3 Å². The van der Waals surface area contributed by atoms with Gasteiger partial charge in [0.1, 0.15) is 29.9 Å². The largest absolute Gasteiger partial charge is 0.477 e. The van der Waals surface area contributed by atoms with Crippen LogP contribution >= 0.6 is 34.4 Å². The molecule has 1 fully saturated rings. The molecule has 2 aromatic heterocycles. The van der Waals surface area contributed by atoms with Gasteiger partial charge in [-0.15, -0.1) is 34.4 Å². The number of carbonyl (C=O) groups is 3. The number of nitrogens with zero attached hydrogens (tertiary/aromatic N) is 4. The normalized spacial score (nSPS) is 20.6. The lowest BCUT2D eigenvalue weighted by Crippen LogP contribution is -2.71. The van der Waals surface area contributed by atoms with Crippen LogP contribution in [0.25, 0.3) is 6.08 Å². The number of carbonyl (C=O) groups excluding carboxylic acids is 2. The number of aryl methyl sites for hydroxylation is 1. The van der Waals surface area contributed by atoms with Gasteiger partial charge in [0.15, 0.2) is 10.8 Å². The number of amides is 2. The predicted octanol–water partition coefficient (Wildman–Crippen LogP) is 1.29. The molecule has 2 unspecified atom stereocenters. The number of aromatic nitrogens is 2. The summed E-state index contributed by atoms with van der Waals surface area (Å²) in [7, 11) is 1.28. The van der Waals surface area contributed by atoms with E-state index >= 15 is 0 Å². The minimum Gasteiger partial charge on any atom is -0.477 e. The second-order valence-corrected chi connectivity index (χ2v) is 9.75. The lowest BCUT2D eigenvalue weighted by Gasteiger charge is -2.49. The van der Waals surface area contributed by atoms with Crippen molar-refractivity contribution in [2.75, 3.05) is 18.6 Å². The van der Waals surface area contributed by atoms with Gasteiger partial charge in [0.05, 0.1) is 11.2 Å². The Hall–Kier alpha value is -3.23. The second kappa shape index (κ2) is 9.33. The molecule has 14 heteroatoms. The first kappa shape index (κ1) is 22.9. The van der Waals surface area contributed by atoms with E-state index in [9.17, 15) is 19.5 Å². The molecule has 1 saturated heterocycles. The summed E-state index contributed by atoms with van der Waals surface area (Å²) in [6.45, 7) is 1.86. The molecule has 2 aliphatic heterocycles. The average Bonchev–Trinajstić information content (AvgIpc) is 3.40. The highest BCUT2D eigenvalue weighted by Gasteiger charge is 2.54. The molecule has 2 atom stereocenters. The van der Waals surface area contributed by atoms with Crippen LogP contribution < -0.4 is 11.1 Å². The third-order valence-corrected chi connectivity index (χ3v) is 7.74. The molecule has 4 N–H and O–H groups in total. The van der Waals surface area contributed by atoms with Crippen LogP contribution in [0.2, 0.25) is 0 Å². The number of hydrogen-bond donors (Lipinski definition) is 3. The molecule has 2 aliphatic rings. The van der Waals surface area contributed by atoms with Crippen LogP contribution in [0.4, 0.5) is 5.13 Å². The number of thiazole rings is 2. The van der Waals surface area contributed by atoms with Crippen molar-refractivity contribution < 1.29 is 24.3 Å². The first-order chi connectivity index (χ1) is 15.8. The van der Waals surface area contributed by atoms with Gasteiger partial charge in [-0.25, -0.2) is 14.8 Å². The predicted molar refractivity (Wildman–Crippen MR) is 126 cm³/mol. The van der Waals surface area contributed by atoms with Crippen molar-refractivity contribution in [3.63, 3.8) is 0 Å². The highest BCUT2D eigenvalue weighted by atomic mass is 32.2. The standard InChI is InChI=1S/C19H18N6O5S3/c1-8-11(33-7-21-8)4-3-9-5-31-17-13(16(27)25(17)14(9)18(28)29)23-15(26)12(24-30-2)10-6-32-19(20)22-10/h3-4,6-7,13,17H,5H2,1-2H3,(H2,20,22)(H,23,26)(H,28,29)/b4-3-,24-12-. The molecule has 172 valence electrons. The fourth-order valence-corrected chi connectivity index (χ4v) is 5.88. The molecule has 2 aromatic rings. The number of nitrogens with one attached hydrogen (secondary N) is 1. The summed E-state index contributed by atoms with van der Waals surface area (Å²) in [5, 5.41) is 17.4.